The van der Waals surface area contributed by atoms with E-state index in [-0.39, 0.29) is 36.4 Å². The highest BCUT2D eigenvalue weighted by Crippen LogP contribution is 2.23. The van der Waals surface area contributed by atoms with Crippen molar-refractivity contribution in [3.8, 4) is 0 Å². The fraction of sp³-hybridized carbons (Fsp3) is 0.333. The molecule has 1 saturated heterocycles. The molecule has 0 spiro atoms. The van der Waals surface area contributed by atoms with Gasteiger partial charge in [0, 0.05) is 29.3 Å². The van der Waals surface area contributed by atoms with E-state index in [2.05, 4.69) is 17.4 Å². The van der Waals surface area contributed by atoms with Crippen molar-refractivity contribution >= 4 is 33.4 Å². The summed E-state index contributed by atoms with van der Waals surface area (Å²) in [5.74, 6) is 0.213. The third-order valence-corrected chi connectivity index (χ3v) is 7.43. The summed E-state index contributed by atoms with van der Waals surface area (Å²) in [6, 6.07) is 16.7. The summed E-state index contributed by atoms with van der Waals surface area (Å²) < 4.78 is 23.0. The van der Waals surface area contributed by atoms with Crippen molar-refractivity contribution in [2.75, 3.05) is 24.6 Å². The van der Waals surface area contributed by atoms with Crippen LogP contribution in [0, 0.1) is 0 Å². The molecule has 0 radical (unpaired) electrons. The Morgan fingerprint density at radius 1 is 1.03 bits per heavy atom. The molecule has 0 aromatic heterocycles. The quantitative estimate of drug-likeness (QED) is 0.709. The van der Waals surface area contributed by atoms with Crippen molar-refractivity contribution < 1.29 is 18.0 Å². The fourth-order valence-electron chi connectivity index (χ4n) is 2.99. The van der Waals surface area contributed by atoms with Gasteiger partial charge in [0.15, 0.2) is 9.84 Å². The number of amides is 2. The minimum Gasteiger partial charge on any atom is -0.341 e. The average molecular weight is 433 g/mol. The second-order valence-electron chi connectivity index (χ2n) is 6.97. The lowest BCUT2D eigenvalue weighted by Crippen LogP contribution is -2.51. The lowest BCUT2D eigenvalue weighted by atomic mass is 10.2. The third kappa shape index (κ3) is 6.08. The highest BCUT2D eigenvalue weighted by atomic mass is 32.2. The zero-order valence-electron chi connectivity index (χ0n) is 16.2. The molecule has 0 bridgehead atoms. The maximum Gasteiger partial charge on any atom is 0.251 e. The molecular weight excluding hydrogens is 408 g/mol. The maximum atomic E-state index is 12.5. The molecule has 1 aliphatic rings. The summed E-state index contributed by atoms with van der Waals surface area (Å²) in [5.41, 5.74) is 1.71. The third-order valence-electron chi connectivity index (χ3n) is 4.74. The summed E-state index contributed by atoms with van der Waals surface area (Å²) in [6.45, 7) is 1.97. The van der Waals surface area contributed by atoms with E-state index in [1.807, 2.05) is 30.3 Å². The minimum atomic E-state index is -3.05. The highest BCUT2D eigenvalue weighted by Gasteiger charge is 2.28. The van der Waals surface area contributed by atoms with Crippen molar-refractivity contribution in [2.45, 2.75) is 23.6 Å². The first-order valence-corrected chi connectivity index (χ1v) is 12.2. The Balaban J connectivity index is 1.51. The van der Waals surface area contributed by atoms with E-state index >= 15 is 0 Å². The van der Waals surface area contributed by atoms with Crippen LogP contribution in [0.2, 0.25) is 0 Å². The molecule has 2 aromatic rings. The number of hydrogen-bond acceptors (Lipinski definition) is 5. The molecule has 8 heteroatoms. The Hall–Kier alpha value is -2.32. The van der Waals surface area contributed by atoms with Gasteiger partial charge in [-0.1, -0.05) is 30.3 Å². The van der Waals surface area contributed by atoms with Crippen molar-refractivity contribution in [3.63, 3.8) is 0 Å². The summed E-state index contributed by atoms with van der Waals surface area (Å²) in [4.78, 5) is 27.5. The SMILES string of the molecule is CC(NC(=O)c1ccc(SCc2ccccc2)cc1)C(=O)N1CCS(=O)(=O)CC1. The van der Waals surface area contributed by atoms with Crippen LogP contribution in [-0.4, -0.2) is 55.8 Å². The monoisotopic (exact) mass is 432 g/mol. The van der Waals surface area contributed by atoms with E-state index in [1.54, 1.807) is 30.8 Å². The summed E-state index contributed by atoms with van der Waals surface area (Å²) in [6.07, 6.45) is 0. The predicted molar refractivity (Wildman–Crippen MR) is 115 cm³/mol. The lowest BCUT2D eigenvalue weighted by Gasteiger charge is -2.29. The van der Waals surface area contributed by atoms with Gasteiger partial charge in [-0.05, 0) is 36.8 Å². The summed E-state index contributed by atoms with van der Waals surface area (Å²) in [5, 5.41) is 2.70. The van der Waals surface area contributed by atoms with Crippen LogP contribution < -0.4 is 5.32 Å². The highest BCUT2D eigenvalue weighted by molar-refractivity contribution is 7.98. The van der Waals surface area contributed by atoms with Crippen LogP contribution in [0.5, 0.6) is 0 Å². The van der Waals surface area contributed by atoms with Gasteiger partial charge >= 0.3 is 0 Å². The van der Waals surface area contributed by atoms with Gasteiger partial charge in [-0.2, -0.15) is 0 Å². The van der Waals surface area contributed by atoms with Gasteiger partial charge in [0.1, 0.15) is 6.04 Å². The van der Waals surface area contributed by atoms with Gasteiger partial charge in [-0.25, -0.2) is 8.42 Å². The number of nitrogens with one attached hydrogen (secondary N) is 1. The molecule has 1 aliphatic heterocycles. The Morgan fingerprint density at radius 2 is 1.66 bits per heavy atom. The average Bonchev–Trinajstić information content (AvgIpc) is 2.73. The van der Waals surface area contributed by atoms with Crippen LogP contribution in [0.15, 0.2) is 59.5 Å². The number of hydrogen-bond donors (Lipinski definition) is 1. The number of carbonyl (C=O) groups is 2. The van der Waals surface area contributed by atoms with Crippen molar-refractivity contribution in [2.24, 2.45) is 0 Å². The fourth-order valence-corrected chi connectivity index (χ4v) is 5.05. The predicted octanol–water partition coefficient (Wildman–Crippen LogP) is 2.35. The Morgan fingerprint density at radius 3 is 2.28 bits per heavy atom. The molecule has 3 rings (SSSR count). The van der Waals surface area contributed by atoms with E-state index < -0.39 is 15.9 Å². The molecule has 2 amide bonds. The van der Waals surface area contributed by atoms with Gasteiger partial charge in [-0.15, -0.1) is 11.8 Å². The van der Waals surface area contributed by atoms with E-state index in [0.717, 1.165) is 10.6 Å². The zero-order chi connectivity index (χ0) is 20.9. The van der Waals surface area contributed by atoms with E-state index in [9.17, 15) is 18.0 Å². The Labute approximate surface area is 175 Å². The smallest absolute Gasteiger partial charge is 0.251 e. The van der Waals surface area contributed by atoms with Crippen molar-refractivity contribution in [1.82, 2.24) is 10.2 Å². The standard InChI is InChI=1S/C21H24N2O4S2/c1-16(21(25)23-11-13-29(26,27)14-12-23)22-20(24)18-7-9-19(10-8-18)28-15-17-5-3-2-4-6-17/h2-10,16H,11-15H2,1H3,(H,22,24). The molecule has 1 N–H and O–H groups in total. The number of sulfone groups is 1. The van der Waals surface area contributed by atoms with Crippen LogP contribution in [0.4, 0.5) is 0 Å². The number of rotatable bonds is 6. The number of thioether (sulfide) groups is 1. The molecule has 154 valence electrons. The van der Waals surface area contributed by atoms with Gasteiger partial charge in [-0.3, -0.25) is 9.59 Å². The topological polar surface area (TPSA) is 83.6 Å². The van der Waals surface area contributed by atoms with Crippen LogP contribution in [-0.2, 0) is 20.4 Å². The number of benzene rings is 2. The van der Waals surface area contributed by atoms with Crippen LogP contribution >= 0.6 is 11.8 Å². The van der Waals surface area contributed by atoms with Crippen LogP contribution in [0.25, 0.3) is 0 Å². The Bertz CT molecular complexity index is 946. The van der Waals surface area contributed by atoms with Gasteiger partial charge < -0.3 is 10.2 Å². The normalized spacial score (nSPS) is 16.8. The van der Waals surface area contributed by atoms with Crippen LogP contribution in [0.1, 0.15) is 22.8 Å². The molecule has 1 atom stereocenters. The molecule has 1 fully saturated rings. The van der Waals surface area contributed by atoms with Gasteiger partial charge in [0.2, 0.25) is 5.91 Å². The molecule has 6 nitrogen and oxygen atoms in total. The molecule has 2 aromatic carbocycles. The minimum absolute atomic E-state index is 0.0263. The number of carbonyl (C=O) groups excluding carboxylic acids is 2. The van der Waals surface area contributed by atoms with E-state index in [0.29, 0.717) is 5.56 Å². The van der Waals surface area contributed by atoms with Gasteiger partial charge in [0.05, 0.1) is 11.5 Å². The molecule has 1 unspecified atom stereocenters. The first-order chi connectivity index (χ1) is 13.8. The van der Waals surface area contributed by atoms with Crippen molar-refractivity contribution in [3.05, 3.63) is 65.7 Å². The largest absolute Gasteiger partial charge is 0.341 e. The van der Waals surface area contributed by atoms with Crippen molar-refractivity contribution in [1.29, 1.82) is 0 Å². The first-order valence-electron chi connectivity index (χ1n) is 9.41. The number of nitrogens with zero attached hydrogens (tertiary/aromatic N) is 1. The summed E-state index contributed by atoms with van der Waals surface area (Å²) >= 11 is 1.69. The molecular formula is C21H24N2O4S2. The van der Waals surface area contributed by atoms with E-state index in [4.69, 9.17) is 0 Å². The van der Waals surface area contributed by atoms with E-state index in [1.165, 1.54) is 10.5 Å². The van der Waals surface area contributed by atoms with Crippen LogP contribution in [0.3, 0.4) is 0 Å². The molecule has 1 heterocycles. The second-order valence-corrected chi connectivity index (χ2v) is 10.3. The summed E-state index contributed by atoms with van der Waals surface area (Å²) in [7, 11) is -3.05. The maximum absolute atomic E-state index is 12.5. The lowest BCUT2D eigenvalue weighted by molar-refractivity contribution is -0.132. The second kappa shape index (κ2) is 9.45. The van der Waals surface area contributed by atoms with Gasteiger partial charge in [0.25, 0.3) is 5.91 Å². The zero-order valence-corrected chi connectivity index (χ0v) is 17.8. The molecule has 0 aliphatic carbocycles. The molecule has 29 heavy (non-hydrogen) atoms. The Kier molecular flexibility index (Phi) is 6.97. The molecule has 0 saturated carbocycles. The first kappa shape index (κ1) is 21.4.